The Hall–Kier alpha value is 0.310. The summed E-state index contributed by atoms with van der Waals surface area (Å²) in [5, 5.41) is 0. The van der Waals surface area contributed by atoms with Gasteiger partial charge in [-0.25, -0.2) is 0 Å². The van der Waals surface area contributed by atoms with Gasteiger partial charge in [0.05, 0.1) is 0 Å². The fraction of sp³-hybridized carbons (Fsp3) is 1.00. The van der Waals surface area contributed by atoms with Crippen LogP contribution >= 0.6 is 11.9 Å². The maximum Gasteiger partial charge on any atom is 0.00919 e. The van der Waals surface area contributed by atoms with E-state index in [0.717, 1.165) is 11.8 Å². The van der Waals surface area contributed by atoms with Gasteiger partial charge in [-0.1, -0.05) is 32.2 Å². The maximum atomic E-state index is 2.48. The van der Waals surface area contributed by atoms with E-state index >= 15 is 0 Å². The van der Waals surface area contributed by atoms with Crippen molar-refractivity contribution >= 4 is 11.9 Å². The predicted octanol–water partition coefficient (Wildman–Crippen LogP) is 3.02. The molecule has 0 spiro atoms. The van der Waals surface area contributed by atoms with Crippen LogP contribution in [0.25, 0.3) is 0 Å². The Kier molecular flexibility index (Phi) is 4.44. The maximum absolute atomic E-state index is 2.48. The molecule has 0 aromatic carbocycles. The lowest BCUT2D eigenvalue weighted by molar-refractivity contribution is 0.223. The van der Waals surface area contributed by atoms with Crippen molar-refractivity contribution in [3.63, 3.8) is 0 Å². The number of hydrogen-bond donors (Lipinski definition) is 0. The van der Waals surface area contributed by atoms with E-state index in [1.165, 1.54) is 32.4 Å². The van der Waals surface area contributed by atoms with Crippen LogP contribution in [0.3, 0.4) is 0 Å². The van der Waals surface area contributed by atoms with Crippen molar-refractivity contribution in [1.82, 2.24) is 4.31 Å². The second kappa shape index (κ2) is 5.13. The van der Waals surface area contributed by atoms with E-state index in [0.29, 0.717) is 0 Å². The van der Waals surface area contributed by atoms with E-state index in [9.17, 15) is 0 Å². The zero-order valence-corrected chi connectivity index (χ0v) is 9.36. The summed E-state index contributed by atoms with van der Waals surface area (Å²) in [7, 11) is 0. The van der Waals surface area contributed by atoms with Gasteiger partial charge in [0.1, 0.15) is 0 Å². The standard InChI is InChI=1S/C10H21NS/c1-4-9(2)10-5-7-11(12-3)8-6-10/h9-10H,4-8H2,1-3H3. The number of nitrogens with zero attached hydrogens (tertiary/aromatic N) is 1. The summed E-state index contributed by atoms with van der Waals surface area (Å²) in [6.07, 6.45) is 6.36. The third kappa shape index (κ3) is 2.67. The van der Waals surface area contributed by atoms with Crippen LogP contribution in [0.2, 0.25) is 0 Å². The highest BCUT2D eigenvalue weighted by atomic mass is 32.2. The highest BCUT2D eigenvalue weighted by Gasteiger charge is 2.21. The van der Waals surface area contributed by atoms with Gasteiger partial charge in [0, 0.05) is 13.1 Å². The Morgan fingerprint density at radius 2 is 2.00 bits per heavy atom. The summed E-state index contributed by atoms with van der Waals surface area (Å²) in [6.45, 7) is 7.32. The molecule has 0 radical (unpaired) electrons. The van der Waals surface area contributed by atoms with E-state index in [4.69, 9.17) is 0 Å². The molecule has 0 aliphatic carbocycles. The minimum atomic E-state index is 0.939. The summed E-state index contributed by atoms with van der Waals surface area (Å²) in [5.41, 5.74) is 0. The minimum Gasteiger partial charge on any atom is -0.251 e. The number of hydrogen-bond acceptors (Lipinski definition) is 2. The van der Waals surface area contributed by atoms with Gasteiger partial charge in [-0.2, -0.15) is 0 Å². The average molecular weight is 187 g/mol. The summed E-state index contributed by atoms with van der Waals surface area (Å²) >= 11 is 1.90. The molecular weight excluding hydrogens is 166 g/mol. The molecule has 1 saturated heterocycles. The van der Waals surface area contributed by atoms with E-state index in [1.807, 2.05) is 11.9 Å². The smallest absolute Gasteiger partial charge is 0.00919 e. The number of piperidine rings is 1. The third-order valence-corrected chi connectivity index (χ3v) is 4.09. The van der Waals surface area contributed by atoms with Crippen molar-refractivity contribution in [1.29, 1.82) is 0 Å². The van der Waals surface area contributed by atoms with Gasteiger partial charge in [-0.15, -0.1) is 0 Å². The highest BCUT2D eigenvalue weighted by Crippen LogP contribution is 2.28. The van der Waals surface area contributed by atoms with E-state index in [2.05, 4.69) is 24.4 Å². The zero-order valence-electron chi connectivity index (χ0n) is 8.55. The Balaban J connectivity index is 2.25. The van der Waals surface area contributed by atoms with Crippen molar-refractivity contribution in [3.8, 4) is 0 Å². The molecule has 1 rings (SSSR count). The van der Waals surface area contributed by atoms with Crippen LogP contribution in [-0.4, -0.2) is 23.7 Å². The van der Waals surface area contributed by atoms with Crippen LogP contribution < -0.4 is 0 Å². The van der Waals surface area contributed by atoms with Crippen LogP contribution in [0, 0.1) is 11.8 Å². The summed E-state index contributed by atoms with van der Waals surface area (Å²) in [4.78, 5) is 0. The predicted molar refractivity (Wildman–Crippen MR) is 57.3 cm³/mol. The van der Waals surface area contributed by atoms with Crippen molar-refractivity contribution in [3.05, 3.63) is 0 Å². The molecule has 1 unspecified atom stereocenters. The summed E-state index contributed by atoms with van der Waals surface area (Å²) in [5.74, 6) is 1.94. The molecule has 0 saturated carbocycles. The molecule has 1 aliphatic rings. The van der Waals surface area contributed by atoms with Crippen LogP contribution in [0.1, 0.15) is 33.1 Å². The van der Waals surface area contributed by atoms with Gasteiger partial charge in [-0.05, 0) is 30.9 Å². The fourth-order valence-electron chi connectivity index (χ4n) is 1.96. The SMILES string of the molecule is CCC(C)C1CCN(SC)CC1. The Morgan fingerprint density at radius 3 is 2.42 bits per heavy atom. The van der Waals surface area contributed by atoms with Crippen molar-refractivity contribution < 1.29 is 0 Å². The molecule has 1 atom stereocenters. The molecule has 0 bridgehead atoms. The van der Waals surface area contributed by atoms with Crippen molar-refractivity contribution in [2.75, 3.05) is 19.3 Å². The monoisotopic (exact) mass is 187 g/mol. The topological polar surface area (TPSA) is 3.24 Å². The van der Waals surface area contributed by atoms with E-state index in [1.54, 1.807) is 0 Å². The Labute approximate surface area is 81.0 Å². The van der Waals surface area contributed by atoms with Crippen LogP contribution in [0.15, 0.2) is 0 Å². The normalized spacial score (nSPS) is 24.2. The molecule has 12 heavy (non-hydrogen) atoms. The molecule has 0 aromatic heterocycles. The quantitative estimate of drug-likeness (QED) is 0.625. The first kappa shape index (κ1) is 10.4. The van der Waals surface area contributed by atoms with Crippen LogP contribution in [0.4, 0.5) is 0 Å². The lowest BCUT2D eigenvalue weighted by atomic mass is 9.85. The summed E-state index contributed by atoms with van der Waals surface area (Å²) in [6, 6.07) is 0. The molecule has 1 nitrogen and oxygen atoms in total. The largest absolute Gasteiger partial charge is 0.251 e. The van der Waals surface area contributed by atoms with Gasteiger partial charge in [0.25, 0.3) is 0 Å². The highest BCUT2D eigenvalue weighted by molar-refractivity contribution is 7.96. The third-order valence-electron chi connectivity index (χ3n) is 3.21. The van der Waals surface area contributed by atoms with Crippen molar-refractivity contribution in [2.24, 2.45) is 11.8 Å². The van der Waals surface area contributed by atoms with Crippen molar-refractivity contribution in [2.45, 2.75) is 33.1 Å². The zero-order chi connectivity index (χ0) is 8.97. The Morgan fingerprint density at radius 1 is 1.42 bits per heavy atom. The molecule has 1 fully saturated rings. The van der Waals surface area contributed by atoms with E-state index < -0.39 is 0 Å². The second-order valence-corrected chi connectivity index (χ2v) is 4.72. The van der Waals surface area contributed by atoms with Crippen LogP contribution in [-0.2, 0) is 0 Å². The van der Waals surface area contributed by atoms with Gasteiger partial charge in [0.2, 0.25) is 0 Å². The fourth-order valence-corrected chi connectivity index (χ4v) is 2.54. The Bertz CT molecular complexity index is 119. The molecule has 1 heterocycles. The first-order valence-corrected chi connectivity index (χ1v) is 6.25. The lowest BCUT2D eigenvalue weighted by Gasteiger charge is -2.33. The molecule has 2 heteroatoms. The van der Waals surface area contributed by atoms with Gasteiger partial charge in [0.15, 0.2) is 0 Å². The second-order valence-electron chi connectivity index (χ2n) is 3.83. The lowest BCUT2D eigenvalue weighted by Crippen LogP contribution is -2.30. The molecule has 72 valence electrons. The molecule has 1 aliphatic heterocycles. The average Bonchev–Trinajstić information content (AvgIpc) is 2.17. The minimum absolute atomic E-state index is 0.939. The van der Waals surface area contributed by atoms with E-state index in [-0.39, 0.29) is 0 Å². The molecule has 0 aromatic rings. The van der Waals surface area contributed by atoms with Gasteiger partial charge in [-0.3, -0.25) is 4.31 Å². The first-order valence-electron chi connectivity index (χ1n) is 5.07. The molecule has 0 N–H and O–H groups in total. The van der Waals surface area contributed by atoms with Gasteiger partial charge >= 0.3 is 0 Å². The number of rotatable bonds is 3. The van der Waals surface area contributed by atoms with Crippen LogP contribution in [0.5, 0.6) is 0 Å². The van der Waals surface area contributed by atoms with Gasteiger partial charge < -0.3 is 0 Å². The molecular formula is C10H21NS. The molecule has 0 amide bonds. The summed E-state index contributed by atoms with van der Waals surface area (Å²) < 4.78 is 2.48. The first-order chi connectivity index (χ1) is 5.77.